The molecular formula is C16H19N3O2. The molecule has 110 valence electrons. The topological polar surface area (TPSA) is 68.0 Å². The van der Waals surface area contributed by atoms with E-state index >= 15 is 0 Å². The molecule has 2 aromatic rings. The molecule has 1 aliphatic carbocycles. The lowest BCUT2D eigenvalue weighted by Gasteiger charge is -2.21. The predicted molar refractivity (Wildman–Crippen MR) is 79.0 cm³/mol. The first-order valence-corrected chi connectivity index (χ1v) is 7.44. The average Bonchev–Trinajstić information content (AvgIpc) is 2.97. The van der Waals surface area contributed by atoms with Crippen LogP contribution in [0.2, 0.25) is 0 Å². The number of imidazole rings is 1. The van der Waals surface area contributed by atoms with E-state index in [-0.39, 0.29) is 5.56 Å². The van der Waals surface area contributed by atoms with Gasteiger partial charge in [-0.2, -0.15) is 0 Å². The summed E-state index contributed by atoms with van der Waals surface area (Å²) in [6, 6.07) is 3.06. The van der Waals surface area contributed by atoms with Crippen LogP contribution in [0.4, 0.5) is 0 Å². The average molecular weight is 285 g/mol. The Hall–Kier alpha value is -2.17. The molecule has 0 spiro atoms. The van der Waals surface area contributed by atoms with Crippen molar-refractivity contribution >= 4 is 5.97 Å². The SMILES string of the molecule is O=C(O)c1ccnc(-c2cn(CC3CCCCC3)cn2)c1. The summed E-state index contributed by atoms with van der Waals surface area (Å²) in [5, 5.41) is 9.02. The van der Waals surface area contributed by atoms with Gasteiger partial charge in [0.15, 0.2) is 0 Å². The Balaban J connectivity index is 1.75. The van der Waals surface area contributed by atoms with E-state index in [4.69, 9.17) is 5.11 Å². The lowest BCUT2D eigenvalue weighted by atomic mass is 9.89. The summed E-state index contributed by atoms with van der Waals surface area (Å²) >= 11 is 0. The molecule has 0 amide bonds. The molecule has 2 aromatic heterocycles. The minimum Gasteiger partial charge on any atom is -0.478 e. The van der Waals surface area contributed by atoms with E-state index in [0.29, 0.717) is 5.69 Å². The highest BCUT2D eigenvalue weighted by molar-refractivity contribution is 5.88. The number of hydrogen-bond donors (Lipinski definition) is 1. The van der Waals surface area contributed by atoms with Gasteiger partial charge in [-0.25, -0.2) is 9.78 Å². The van der Waals surface area contributed by atoms with Crippen molar-refractivity contribution in [3.8, 4) is 11.4 Å². The number of nitrogens with zero attached hydrogens (tertiary/aromatic N) is 3. The lowest BCUT2D eigenvalue weighted by Crippen LogP contribution is -2.12. The normalized spacial score (nSPS) is 16.0. The highest BCUT2D eigenvalue weighted by Crippen LogP contribution is 2.25. The predicted octanol–water partition coefficient (Wildman–Crippen LogP) is 3.22. The van der Waals surface area contributed by atoms with E-state index in [2.05, 4.69) is 14.5 Å². The summed E-state index contributed by atoms with van der Waals surface area (Å²) in [6.07, 6.45) is 11.9. The van der Waals surface area contributed by atoms with Crippen molar-refractivity contribution in [3.63, 3.8) is 0 Å². The third kappa shape index (κ3) is 3.29. The van der Waals surface area contributed by atoms with Crippen LogP contribution in [0.1, 0.15) is 42.5 Å². The van der Waals surface area contributed by atoms with Crippen LogP contribution in [0.25, 0.3) is 11.4 Å². The highest BCUT2D eigenvalue weighted by atomic mass is 16.4. The molecule has 0 unspecified atom stereocenters. The Kier molecular flexibility index (Phi) is 3.99. The standard InChI is InChI=1S/C16H19N3O2/c20-16(21)13-6-7-17-14(8-13)15-10-19(11-18-15)9-12-4-2-1-3-5-12/h6-8,10-12H,1-5,9H2,(H,20,21). The van der Waals surface area contributed by atoms with E-state index in [1.165, 1.54) is 44.4 Å². The Morgan fingerprint density at radius 1 is 1.24 bits per heavy atom. The van der Waals surface area contributed by atoms with Crippen LogP contribution in [0.15, 0.2) is 30.9 Å². The maximum atomic E-state index is 11.0. The molecule has 1 saturated carbocycles. The maximum Gasteiger partial charge on any atom is 0.335 e. The Bertz CT molecular complexity index is 630. The number of rotatable bonds is 4. The minimum absolute atomic E-state index is 0.238. The summed E-state index contributed by atoms with van der Waals surface area (Å²) in [6.45, 7) is 0.992. The summed E-state index contributed by atoms with van der Waals surface area (Å²) in [5.74, 6) is -0.209. The number of pyridine rings is 1. The van der Waals surface area contributed by atoms with Gasteiger partial charge in [0.1, 0.15) is 5.69 Å². The number of carbonyl (C=O) groups is 1. The molecular weight excluding hydrogens is 266 g/mol. The number of aromatic carboxylic acids is 1. The molecule has 0 aromatic carbocycles. The molecule has 2 heterocycles. The zero-order chi connectivity index (χ0) is 14.7. The van der Waals surface area contributed by atoms with Gasteiger partial charge in [-0.15, -0.1) is 0 Å². The minimum atomic E-state index is -0.944. The largest absolute Gasteiger partial charge is 0.478 e. The van der Waals surface area contributed by atoms with Crippen LogP contribution >= 0.6 is 0 Å². The van der Waals surface area contributed by atoms with Crippen LogP contribution in [0.3, 0.4) is 0 Å². The molecule has 5 heteroatoms. The first-order chi connectivity index (χ1) is 10.2. The van der Waals surface area contributed by atoms with Gasteiger partial charge in [-0.3, -0.25) is 4.98 Å². The van der Waals surface area contributed by atoms with Crippen molar-refractivity contribution in [2.45, 2.75) is 38.6 Å². The van der Waals surface area contributed by atoms with Crippen LogP contribution in [-0.4, -0.2) is 25.6 Å². The molecule has 0 aliphatic heterocycles. The third-order valence-corrected chi connectivity index (χ3v) is 4.10. The van der Waals surface area contributed by atoms with Gasteiger partial charge in [0.05, 0.1) is 17.6 Å². The zero-order valence-corrected chi connectivity index (χ0v) is 11.9. The van der Waals surface area contributed by atoms with E-state index in [1.54, 1.807) is 6.07 Å². The monoisotopic (exact) mass is 285 g/mol. The van der Waals surface area contributed by atoms with Crippen LogP contribution in [0.5, 0.6) is 0 Å². The van der Waals surface area contributed by atoms with Crippen molar-refractivity contribution in [1.29, 1.82) is 0 Å². The highest BCUT2D eigenvalue weighted by Gasteiger charge is 2.15. The first-order valence-electron chi connectivity index (χ1n) is 7.44. The third-order valence-electron chi connectivity index (χ3n) is 4.10. The molecule has 0 atom stereocenters. The van der Waals surface area contributed by atoms with Crippen molar-refractivity contribution in [1.82, 2.24) is 14.5 Å². The van der Waals surface area contributed by atoms with Crippen LogP contribution in [-0.2, 0) is 6.54 Å². The summed E-state index contributed by atoms with van der Waals surface area (Å²) in [7, 11) is 0. The summed E-state index contributed by atoms with van der Waals surface area (Å²) in [5.41, 5.74) is 1.58. The lowest BCUT2D eigenvalue weighted by molar-refractivity contribution is 0.0697. The molecule has 1 fully saturated rings. The van der Waals surface area contributed by atoms with Gasteiger partial charge in [-0.05, 0) is 30.9 Å². The second-order valence-corrected chi connectivity index (χ2v) is 5.69. The fourth-order valence-corrected chi connectivity index (χ4v) is 2.96. The second kappa shape index (κ2) is 6.08. The van der Waals surface area contributed by atoms with Gasteiger partial charge < -0.3 is 9.67 Å². The fourth-order valence-electron chi connectivity index (χ4n) is 2.96. The van der Waals surface area contributed by atoms with E-state index in [0.717, 1.165) is 18.2 Å². The van der Waals surface area contributed by atoms with Crippen molar-refractivity contribution in [3.05, 3.63) is 36.4 Å². The molecule has 5 nitrogen and oxygen atoms in total. The molecule has 1 aliphatic rings. The van der Waals surface area contributed by atoms with E-state index in [1.807, 2.05) is 12.5 Å². The Morgan fingerprint density at radius 3 is 2.81 bits per heavy atom. The van der Waals surface area contributed by atoms with Crippen molar-refractivity contribution in [2.24, 2.45) is 5.92 Å². The summed E-state index contributed by atoms with van der Waals surface area (Å²) in [4.78, 5) is 19.6. The van der Waals surface area contributed by atoms with Gasteiger partial charge in [-0.1, -0.05) is 19.3 Å². The smallest absolute Gasteiger partial charge is 0.335 e. The number of hydrogen-bond acceptors (Lipinski definition) is 3. The molecule has 0 radical (unpaired) electrons. The van der Waals surface area contributed by atoms with Gasteiger partial charge >= 0.3 is 5.97 Å². The summed E-state index contributed by atoms with van der Waals surface area (Å²) < 4.78 is 2.10. The number of carboxylic acid groups (broad SMARTS) is 1. The van der Waals surface area contributed by atoms with Crippen LogP contribution < -0.4 is 0 Å². The first kappa shape index (κ1) is 13.8. The zero-order valence-electron chi connectivity index (χ0n) is 11.9. The Morgan fingerprint density at radius 2 is 2.05 bits per heavy atom. The molecule has 3 rings (SSSR count). The Labute approximate surface area is 123 Å². The van der Waals surface area contributed by atoms with Crippen LogP contribution in [0, 0.1) is 5.92 Å². The maximum absolute atomic E-state index is 11.0. The van der Waals surface area contributed by atoms with Gasteiger partial charge in [0.2, 0.25) is 0 Å². The number of aromatic nitrogens is 3. The van der Waals surface area contributed by atoms with E-state index < -0.39 is 5.97 Å². The number of carboxylic acids is 1. The second-order valence-electron chi connectivity index (χ2n) is 5.69. The molecule has 0 saturated heterocycles. The van der Waals surface area contributed by atoms with Gasteiger partial charge in [0, 0.05) is 18.9 Å². The molecule has 0 bridgehead atoms. The van der Waals surface area contributed by atoms with Crippen molar-refractivity contribution in [2.75, 3.05) is 0 Å². The van der Waals surface area contributed by atoms with Gasteiger partial charge in [0.25, 0.3) is 0 Å². The van der Waals surface area contributed by atoms with E-state index in [9.17, 15) is 4.79 Å². The molecule has 1 N–H and O–H groups in total. The molecule has 21 heavy (non-hydrogen) atoms. The fraction of sp³-hybridized carbons (Fsp3) is 0.438. The quantitative estimate of drug-likeness (QED) is 0.936. The van der Waals surface area contributed by atoms with Crippen molar-refractivity contribution < 1.29 is 9.90 Å².